The molecule has 10 heteroatoms. The molecule has 1 saturated heterocycles. The number of sulfonamides is 1. The van der Waals surface area contributed by atoms with Gasteiger partial charge in [-0.15, -0.1) is 0 Å². The molecule has 1 fully saturated rings. The maximum absolute atomic E-state index is 13.2. The summed E-state index contributed by atoms with van der Waals surface area (Å²) in [6.07, 6.45) is 2.39. The van der Waals surface area contributed by atoms with Gasteiger partial charge in [0.25, 0.3) is 0 Å². The van der Waals surface area contributed by atoms with Crippen LogP contribution in [-0.4, -0.2) is 48.8 Å². The van der Waals surface area contributed by atoms with E-state index in [0.717, 1.165) is 16.7 Å². The number of hydrazine groups is 1. The molecular formula is C20H27N5O4S. The number of methoxy groups -OCH3 is 1. The average molecular weight is 434 g/mol. The van der Waals surface area contributed by atoms with Crippen molar-refractivity contribution in [1.29, 1.82) is 0 Å². The number of nitrogens with one attached hydrogen (secondary N) is 2. The van der Waals surface area contributed by atoms with Gasteiger partial charge in [-0.2, -0.15) is 9.29 Å². The van der Waals surface area contributed by atoms with E-state index in [1.54, 1.807) is 6.07 Å². The Bertz CT molecular complexity index is 1010. The maximum atomic E-state index is 13.2. The SMILES string of the molecule is COc1ccnc(NNC(=O)C2CCN(S(=O)(=O)c3c(C)cc(C)cc3C)CC2)n1. The fraction of sp³-hybridized carbons (Fsp3) is 0.450. The van der Waals surface area contributed by atoms with Gasteiger partial charge in [0.05, 0.1) is 12.0 Å². The Labute approximate surface area is 176 Å². The number of anilines is 1. The molecule has 1 aromatic heterocycles. The number of aryl methyl sites for hydroxylation is 3. The van der Waals surface area contributed by atoms with Gasteiger partial charge in [0, 0.05) is 31.3 Å². The first-order valence-corrected chi connectivity index (χ1v) is 11.2. The van der Waals surface area contributed by atoms with Crippen LogP contribution in [0.1, 0.15) is 29.5 Å². The lowest BCUT2D eigenvalue weighted by molar-refractivity contribution is -0.125. The van der Waals surface area contributed by atoms with Crippen LogP contribution in [0.25, 0.3) is 0 Å². The van der Waals surface area contributed by atoms with Crippen LogP contribution in [0, 0.1) is 26.7 Å². The number of rotatable bonds is 6. The minimum Gasteiger partial charge on any atom is -0.481 e. The lowest BCUT2D eigenvalue weighted by atomic mass is 9.98. The van der Waals surface area contributed by atoms with Crippen LogP contribution in [0.3, 0.4) is 0 Å². The first kappa shape index (κ1) is 22.0. The van der Waals surface area contributed by atoms with Gasteiger partial charge in [0.2, 0.25) is 27.8 Å². The predicted octanol–water partition coefficient (Wildman–Crippen LogP) is 1.95. The van der Waals surface area contributed by atoms with Gasteiger partial charge in [0.1, 0.15) is 0 Å². The van der Waals surface area contributed by atoms with Gasteiger partial charge in [0.15, 0.2) is 0 Å². The second-order valence-corrected chi connectivity index (χ2v) is 9.32. The molecule has 0 atom stereocenters. The Morgan fingerprint density at radius 2 is 1.80 bits per heavy atom. The van der Waals surface area contributed by atoms with E-state index >= 15 is 0 Å². The molecule has 1 amide bonds. The van der Waals surface area contributed by atoms with Crippen LogP contribution < -0.4 is 15.6 Å². The Kier molecular flexibility index (Phi) is 6.57. The normalized spacial score (nSPS) is 15.6. The Hall–Kier alpha value is -2.72. The highest BCUT2D eigenvalue weighted by molar-refractivity contribution is 7.89. The third-order valence-electron chi connectivity index (χ3n) is 5.16. The summed E-state index contributed by atoms with van der Waals surface area (Å²) < 4.78 is 32.8. The highest BCUT2D eigenvalue weighted by atomic mass is 32.2. The highest BCUT2D eigenvalue weighted by Crippen LogP contribution is 2.28. The summed E-state index contributed by atoms with van der Waals surface area (Å²) in [5.41, 5.74) is 7.79. The average Bonchev–Trinajstić information content (AvgIpc) is 2.71. The summed E-state index contributed by atoms with van der Waals surface area (Å²) in [6, 6.07) is 5.36. The van der Waals surface area contributed by atoms with Crippen molar-refractivity contribution in [2.24, 2.45) is 5.92 Å². The van der Waals surface area contributed by atoms with Crippen LogP contribution in [-0.2, 0) is 14.8 Å². The molecule has 9 nitrogen and oxygen atoms in total. The van der Waals surface area contributed by atoms with Crippen molar-refractivity contribution in [3.8, 4) is 5.88 Å². The van der Waals surface area contributed by atoms with Gasteiger partial charge < -0.3 is 4.74 Å². The lowest BCUT2D eigenvalue weighted by Gasteiger charge is -2.31. The number of ether oxygens (including phenoxy) is 1. The molecule has 0 radical (unpaired) electrons. The smallest absolute Gasteiger partial charge is 0.245 e. The van der Waals surface area contributed by atoms with Crippen LogP contribution in [0.15, 0.2) is 29.3 Å². The number of aromatic nitrogens is 2. The Balaban J connectivity index is 1.60. The zero-order valence-corrected chi connectivity index (χ0v) is 18.4. The number of hydrogen-bond acceptors (Lipinski definition) is 7. The van der Waals surface area contributed by atoms with E-state index in [4.69, 9.17) is 4.74 Å². The second kappa shape index (κ2) is 8.97. The number of carbonyl (C=O) groups excluding carboxylic acids is 1. The van der Waals surface area contributed by atoms with Crippen molar-refractivity contribution in [2.75, 3.05) is 25.6 Å². The van der Waals surface area contributed by atoms with E-state index < -0.39 is 10.0 Å². The number of hydrogen-bond donors (Lipinski definition) is 2. The summed E-state index contributed by atoms with van der Waals surface area (Å²) in [5, 5.41) is 0. The first-order valence-electron chi connectivity index (χ1n) is 9.73. The third kappa shape index (κ3) is 4.71. The van der Waals surface area contributed by atoms with Gasteiger partial charge in [-0.3, -0.25) is 15.6 Å². The van der Waals surface area contributed by atoms with Gasteiger partial charge >= 0.3 is 0 Å². The third-order valence-corrected chi connectivity index (χ3v) is 7.37. The van der Waals surface area contributed by atoms with Crippen LogP contribution in [0.4, 0.5) is 5.95 Å². The molecule has 2 N–H and O–H groups in total. The zero-order valence-electron chi connectivity index (χ0n) is 17.6. The molecule has 0 spiro atoms. The number of carbonyl (C=O) groups is 1. The van der Waals surface area contributed by atoms with Crippen molar-refractivity contribution < 1.29 is 17.9 Å². The molecular weight excluding hydrogens is 406 g/mol. The van der Waals surface area contributed by atoms with Gasteiger partial charge in [-0.25, -0.2) is 13.4 Å². The molecule has 1 aliphatic heterocycles. The van der Waals surface area contributed by atoms with E-state index in [-0.39, 0.29) is 17.8 Å². The van der Waals surface area contributed by atoms with Crippen molar-refractivity contribution in [1.82, 2.24) is 19.7 Å². The quantitative estimate of drug-likeness (QED) is 0.670. The highest BCUT2D eigenvalue weighted by Gasteiger charge is 2.33. The summed E-state index contributed by atoms with van der Waals surface area (Å²) in [7, 11) is -2.11. The first-order chi connectivity index (χ1) is 14.2. The molecule has 162 valence electrons. The summed E-state index contributed by atoms with van der Waals surface area (Å²) in [6.45, 7) is 6.18. The maximum Gasteiger partial charge on any atom is 0.245 e. The lowest BCUT2D eigenvalue weighted by Crippen LogP contribution is -2.44. The predicted molar refractivity (Wildman–Crippen MR) is 112 cm³/mol. The van der Waals surface area contributed by atoms with Crippen LogP contribution in [0.2, 0.25) is 0 Å². The van der Waals surface area contributed by atoms with E-state index in [9.17, 15) is 13.2 Å². The monoisotopic (exact) mass is 433 g/mol. The van der Waals surface area contributed by atoms with E-state index in [0.29, 0.717) is 36.7 Å². The molecule has 0 unspecified atom stereocenters. The number of nitrogens with zero attached hydrogens (tertiary/aromatic N) is 3. The zero-order chi connectivity index (χ0) is 21.9. The van der Waals surface area contributed by atoms with Crippen molar-refractivity contribution in [2.45, 2.75) is 38.5 Å². The van der Waals surface area contributed by atoms with E-state index in [1.165, 1.54) is 17.6 Å². The molecule has 0 saturated carbocycles. The second-order valence-electron chi connectivity index (χ2n) is 7.44. The Morgan fingerprint density at radius 1 is 1.17 bits per heavy atom. The molecule has 0 bridgehead atoms. The molecule has 2 heterocycles. The molecule has 1 aliphatic rings. The summed E-state index contributed by atoms with van der Waals surface area (Å²) in [5.74, 6) is 0.0749. The van der Waals surface area contributed by atoms with Crippen molar-refractivity contribution in [3.05, 3.63) is 41.1 Å². The van der Waals surface area contributed by atoms with Gasteiger partial charge in [-0.05, 0) is 44.7 Å². The fourth-order valence-electron chi connectivity index (χ4n) is 3.80. The number of amides is 1. The molecule has 0 aliphatic carbocycles. The van der Waals surface area contributed by atoms with E-state index in [1.807, 2.05) is 32.9 Å². The fourth-order valence-corrected chi connectivity index (χ4v) is 5.68. The molecule has 3 rings (SSSR count). The van der Waals surface area contributed by atoms with Crippen molar-refractivity contribution in [3.63, 3.8) is 0 Å². The number of piperidine rings is 1. The summed E-state index contributed by atoms with van der Waals surface area (Å²) >= 11 is 0. The largest absolute Gasteiger partial charge is 0.481 e. The standard InChI is InChI=1S/C20H27N5O4S/c1-13-11-14(2)18(15(3)12-13)30(27,28)25-9-6-16(7-10-25)19(26)23-24-20-21-8-5-17(22-20)29-4/h5,8,11-12,16H,6-7,9-10H2,1-4H3,(H,23,26)(H,21,22,24). The summed E-state index contributed by atoms with van der Waals surface area (Å²) in [4.78, 5) is 20.9. The van der Waals surface area contributed by atoms with Crippen LogP contribution in [0.5, 0.6) is 5.88 Å². The molecule has 2 aromatic rings. The molecule has 30 heavy (non-hydrogen) atoms. The minimum absolute atomic E-state index is 0.216. The molecule has 1 aromatic carbocycles. The minimum atomic E-state index is -3.60. The van der Waals surface area contributed by atoms with Gasteiger partial charge in [-0.1, -0.05) is 17.7 Å². The Morgan fingerprint density at radius 3 is 2.40 bits per heavy atom. The number of benzene rings is 1. The topological polar surface area (TPSA) is 114 Å². The van der Waals surface area contributed by atoms with Crippen molar-refractivity contribution >= 4 is 21.9 Å². The van der Waals surface area contributed by atoms with E-state index in [2.05, 4.69) is 20.8 Å². The van der Waals surface area contributed by atoms with Crippen LogP contribution >= 0.6 is 0 Å².